The Morgan fingerprint density at radius 3 is 2.65 bits per heavy atom. The van der Waals surface area contributed by atoms with Crippen LogP contribution in [0, 0.1) is 0 Å². The van der Waals surface area contributed by atoms with E-state index in [1.165, 1.54) is 12.8 Å². The van der Waals surface area contributed by atoms with E-state index < -0.39 is 6.10 Å². The van der Waals surface area contributed by atoms with Crippen LogP contribution in [0.5, 0.6) is 0 Å². The number of hydrogen-bond acceptors (Lipinski definition) is 4. The zero-order chi connectivity index (χ0) is 15.9. The molecule has 0 saturated carbocycles. The average Bonchev–Trinajstić information content (AvgIpc) is 3.13. The van der Waals surface area contributed by atoms with Gasteiger partial charge in [-0.2, -0.15) is 0 Å². The Morgan fingerprint density at radius 1 is 1.17 bits per heavy atom. The van der Waals surface area contributed by atoms with Gasteiger partial charge in [-0.1, -0.05) is 30.3 Å². The summed E-state index contributed by atoms with van der Waals surface area (Å²) in [6, 6.07) is 10.2. The van der Waals surface area contributed by atoms with Gasteiger partial charge in [0.05, 0.1) is 19.8 Å². The zero-order valence-electron chi connectivity index (χ0n) is 13.7. The lowest BCUT2D eigenvalue weighted by Crippen LogP contribution is -2.47. The summed E-state index contributed by atoms with van der Waals surface area (Å²) in [6.45, 7) is 6.06. The zero-order valence-corrected chi connectivity index (χ0v) is 13.7. The molecule has 0 aliphatic carbocycles. The number of rotatable bonds is 6. The standard InChI is InChI=1S/C18H26N2O3/c21-18(17-15-22-12-13-23-17)20(11-10-19-8-4-5-9-19)14-16-6-2-1-3-7-16/h1-3,6-7,17H,4-5,8-15H2/t17-/m1/s1. The molecule has 2 saturated heterocycles. The van der Waals surface area contributed by atoms with Crippen molar-refractivity contribution in [3.8, 4) is 0 Å². The van der Waals surface area contributed by atoms with Crippen molar-refractivity contribution in [1.82, 2.24) is 9.80 Å². The second-order valence-electron chi connectivity index (χ2n) is 6.23. The van der Waals surface area contributed by atoms with Gasteiger partial charge in [0.25, 0.3) is 5.91 Å². The van der Waals surface area contributed by atoms with E-state index in [1.54, 1.807) is 0 Å². The molecule has 2 heterocycles. The van der Waals surface area contributed by atoms with Crippen LogP contribution in [-0.2, 0) is 20.8 Å². The minimum atomic E-state index is -0.453. The van der Waals surface area contributed by atoms with Gasteiger partial charge in [0.2, 0.25) is 0 Å². The molecule has 1 aromatic rings. The molecule has 0 N–H and O–H groups in total. The van der Waals surface area contributed by atoms with E-state index in [4.69, 9.17) is 9.47 Å². The van der Waals surface area contributed by atoms with Gasteiger partial charge in [-0.15, -0.1) is 0 Å². The Balaban J connectivity index is 1.62. The first-order valence-corrected chi connectivity index (χ1v) is 8.57. The van der Waals surface area contributed by atoms with E-state index in [-0.39, 0.29) is 5.91 Å². The van der Waals surface area contributed by atoms with E-state index in [9.17, 15) is 4.79 Å². The molecule has 2 aliphatic heterocycles. The third-order valence-corrected chi connectivity index (χ3v) is 4.50. The molecular formula is C18H26N2O3. The highest BCUT2D eigenvalue weighted by Gasteiger charge is 2.28. The van der Waals surface area contributed by atoms with E-state index in [2.05, 4.69) is 17.0 Å². The van der Waals surface area contributed by atoms with Crippen LogP contribution in [0.4, 0.5) is 0 Å². The first-order valence-electron chi connectivity index (χ1n) is 8.57. The Hall–Kier alpha value is -1.43. The second-order valence-corrected chi connectivity index (χ2v) is 6.23. The summed E-state index contributed by atoms with van der Waals surface area (Å²) < 4.78 is 11.0. The molecule has 0 spiro atoms. The third kappa shape index (κ3) is 4.77. The van der Waals surface area contributed by atoms with Crippen LogP contribution in [0.3, 0.4) is 0 Å². The first kappa shape index (κ1) is 16.4. The number of likely N-dealkylation sites (tertiary alicyclic amines) is 1. The lowest BCUT2D eigenvalue weighted by atomic mass is 10.2. The van der Waals surface area contributed by atoms with Crippen LogP contribution in [-0.4, -0.2) is 67.8 Å². The molecule has 1 aromatic carbocycles. The van der Waals surface area contributed by atoms with Crippen LogP contribution in [0.15, 0.2) is 30.3 Å². The molecule has 23 heavy (non-hydrogen) atoms. The van der Waals surface area contributed by atoms with Crippen molar-refractivity contribution in [2.75, 3.05) is 46.0 Å². The van der Waals surface area contributed by atoms with Crippen LogP contribution in [0.2, 0.25) is 0 Å². The van der Waals surface area contributed by atoms with Crippen molar-refractivity contribution >= 4 is 5.91 Å². The summed E-state index contributed by atoms with van der Waals surface area (Å²) in [4.78, 5) is 17.2. The first-order chi connectivity index (χ1) is 11.3. The van der Waals surface area contributed by atoms with Crippen LogP contribution in [0.25, 0.3) is 0 Å². The van der Waals surface area contributed by atoms with E-state index in [1.807, 2.05) is 23.1 Å². The van der Waals surface area contributed by atoms with E-state index in [0.717, 1.165) is 31.7 Å². The summed E-state index contributed by atoms with van der Waals surface area (Å²) in [5.41, 5.74) is 1.15. The van der Waals surface area contributed by atoms with Gasteiger partial charge in [0.1, 0.15) is 0 Å². The molecule has 1 atom stereocenters. The lowest BCUT2D eigenvalue weighted by Gasteiger charge is -2.30. The number of hydrogen-bond donors (Lipinski definition) is 0. The smallest absolute Gasteiger partial charge is 0.254 e. The summed E-state index contributed by atoms with van der Waals surface area (Å²) in [6.07, 6.45) is 2.09. The number of amides is 1. The maximum absolute atomic E-state index is 12.8. The molecule has 2 aliphatic rings. The van der Waals surface area contributed by atoms with Gasteiger partial charge in [0.15, 0.2) is 6.10 Å². The van der Waals surface area contributed by atoms with Gasteiger partial charge >= 0.3 is 0 Å². The van der Waals surface area contributed by atoms with E-state index in [0.29, 0.717) is 26.4 Å². The predicted molar refractivity (Wildman–Crippen MR) is 88.1 cm³/mol. The number of carbonyl (C=O) groups excluding carboxylic acids is 1. The number of nitrogens with zero attached hydrogens (tertiary/aromatic N) is 2. The molecule has 5 nitrogen and oxygen atoms in total. The minimum Gasteiger partial charge on any atom is -0.376 e. The molecule has 5 heteroatoms. The highest BCUT2D eigenvalue weighted by molar-refractivity contribution is 5.81. The maximum atomic E-state index is 12.8. The van der Waals surface area contributed by atoms with Crippen molar-refractivity contribution in [3.05, 3.63) is 35.9 Å². The fourth-order valence-electron chi connectivity index (χ4n) is 3.17. The molecule has 0 unspecified atom stereocenters. The van der Waals surface area contributed by atoms with E-state index >= 15 is 0 Å². The minimum absolute atomic E-state index is 0.0488. The molecular weight excluding hydrogens is 292 g/mol. The number of carbonyl (C=O) groups is 1. The lowest BCUT2D eigenvalue weighted by molar-refractivity contribution is -0.158. The quantitative estimate of drug-likeness (QED) is 0.798. The maximum Gasteiger partial charge on any atom is 0.254 e. The van der Waals surface area contributed by atoms with Gasteiger partial charge in [0, 0.05) is 19.6 Å². The van der Waals surface area contributed by atoms with Gasteiger partial charge in [-0.3, -0.25) is 4.79 Å². The molecule has 1 amide bonds. The fourth-order valence-corrected chi connectivity index (χ4v) is 3.17. The van der Waals surface area contributed by atoms with Crippen molar-refractivity contribution in [2.24, 2.45) is 0 Å². The molecule has 0 radical (unpaired) electrons. The van der Waals surface area contributed by atoms with Crippen LogP contribution in [0.1, 0.15) is 18.4 Å². The number of ether oxygens (including phenoxy) is 2. The van der Waals surface area contributed by atoms with Gasteiger partial charge in [-0.25, -0.2) is 0 Å². The van der Waals surface area contributed by atoms with Crippen molar-refractivity contribution in [3.63, 3.8) is 0 Å². The Labute approximate surface area is 138 Å². The normalized spacial score (nSPS) is 22.2. The summed E-state index contributed by atoms with van der Waals surface area (Å²) >= 11 is 0. The molecule has 3 rings (SSSR count). The van der Waals surface area contributed by atoms with Gasteiger partial charge in [-0.05, 0) is 31.5 Å². The van der Waals surface area contributed by atoms with Crippen molar-refractivity contribution in [1.29, 1.82) is 0 Å². The van der Waals surface area contributed by atoms with Gasteiger partial charge < -0.3 is 19.3 Å². The Morgan fingerprint density at radius 2 is 1.96 bits per heavy atom. The van der Waals surface area contributed by atoms with Crippen molar-refractivity contribution < 1.29 is 14.3 Å². The third-order valence-electron chi connectivity index (χ3n) is 4.50. The molecule has 2 fully saturated rings. The summed E-state index contributed by atoms with van der Waals surface area (Å²) in [5.74, 6) is 0.0488. The Kier molecular flexibility index (Phi) is 6.02. The highest BCUT2D eigenvalue weighted by Crippen LogP contribution is 2.12. The fraction of sp³-hybridized carbons (Fsp3) is 0.611. The monoisotopic (exact) mass is 318 g/mol. The number of benzene rings is 1. The molecule has 126 valence electrons. The van der Waals surface area contributed by atoms with Crippen molar-refractivity contribution in [2.45, 2.75) is 25.5 Å². The molecule has 0 bridgehead atoms. The average molecular weight is 318 g/mol. The summed E-state index contributed by atoms with van der Waals surface area (Å²) in [7, 11) is 0. The second kappa shape index (κ2) is 8.43. The Bertz CT molecular complexity index is 482. The summed E-state index contributed by atoms with van der Waals surface area (Å²) in [5, 5.41) is 0. The SMILES string of the molecule is O=C([C@H]1COCCO1)N(CCN1CCCC1)Cc1ccccc1. The molecule has 0 aromatic heterocycles. The topological polar surface area (TPSA) is 42.0 Å². The van der Waals surface area contributed by atoms with Crippen LogP contribution >= 0.6 is 0 Å². The van der Waals surface area contributed by atoms with Crippen LogP contribution < -0.4 is 0 Å². The predicted octanol–water partition coefficient (Wildman–Crippen LogP) is 1.53. The highest BCUT2D eigenvalue weighted by atomic mass is 16.6. The largest absolute Gasteiger partial charge is 0.376 e.